The quantitative estimate of drug-likeness (QED) is 0.872. The summed E-state index contributed by atoms with van der Waals surface area (Å²) < 4.78 is 28.4. The van der Waals surface area contributed by atoms with Crippen molar-refractivity contribution in [1.29, 1.82) is 0 Å². The average molecular weight is 333 g/mol. The highest BCUT2D eigenvalue weighted by atomic mass is 32.2. The van der Waals surface area contributed by atoms with Crippen molar-refractivity contribution in [1.82, 2.24) is 14.1 Å². The monoisotopic (exact) mass is 333 g/mol. The minimum Gasteiger partial charge on any atom is -0.480 e. The van der Waals surface area contributed by atoms with Crippen molar-refractivity contribution in [2.75, 3.05) is 18.1 Å². The van der Waals surface area contributed by atoms with Crippen molar-refractivity contribution in [3.05, 3.63) is 11.4 Å². The number of carboxylic acids is 1. The Morgan fingerprint density at radius 1 is 1.48 bits per heavy atom. The fourth-order valence-electron chi connectivity index (χ4n) is 2.52. The number of thioether (sulfide) groups is 1. The fourth-order valence-corrected chi connectivity index (χ4v) is 5.75. The summed E-state index contributed by atoms with van der Waals surface area (Å²) >= 11 is 1.74. The van der Waals surface area contributed by atoms with Crippen LogP contribution in [0.25, 0.3) is 0 Å². The van der Waals surface area contributed by atoms with Gasteiger partial charge in [-0.2, -0.15) is 21.2 Å². The maximum absolute atomic E-state index is 12.9. The highest BCUT2D eigenvalue weighted by Gasteiger charge is 2.35. The Morgan fingerprint density at radius 3 is 2.71 bits per heavy atom. The van der Waals surface area contributed by atoms with Crippen LogP contribution in [0.2, 0.25) is 0 Å². The number of rotatable bonds is 4. The molecule has 1 aromatic heterocycles. The Balaban J connectivity index is 2.45. The third kappa shape index (κ3) is 3.09. The molecule has 0 amide bonds. The molecule has 0 bridgehead atoms. The van der Waals surface area contributed by atoms with Gasteiger partial charge in [0.25, 0.3) is 0 Å². The molecule has 2 rings (SSSR count). The maximum atomic E-state index is 12.9. The predicted octanol–water partition coefficient (Wildman–Crippen LogP) is 0.711. The van der Waals surface area contributed by atoms with E-state index in [0.29, 0.717) is 17.9 Å². The summed E-state index contributed by atoms with van der Waals surface area (Å²) in [6, 6.07) is -0.0737. The summed E-state index contributed by atoms with van der Waals surface area (Å²) in [5, 5.41) is 12.9. The number of nitrogens with zero attached hydrogens (tertiary/aromatic N) is 3. The third-order valence-electron chi connectivity index (χ3n) is 3.47. The largest absolute Gasteiger partial charge is 0.480 e. The topological polar surface area (TPSA) is 92.5 Å². The first-order valence-corrected chi connectivity index (χ1v) is 9.20. The van der Waals surface area contributed by atoms with Crippen LogP contribution in [0, 0.1) is 13.8 Å². The molecule has 1 aromatic rings. The number of aryl methyl sites for hydroxylation is 1. The molecule has 1 saturated heterocycles. The molecule has 1 N–H and O–H groups in total. The molecule has 1 aliphatic rings. The number of sulfonamides is 1. The van der Waals surface area contributed by atoms with Crippen molar-refractivity contribution in [3.8, 4) is 0 Å². The lowest BCUT2D eigenvalue weighted by molar-refractivity contribution is -0.137. The average Bonchev–Trinajstić information content (AvgIpc) is 2.64. The normalized spacial score (nSPS) is 20.6. The number of carboxylic acid groups (broad SMARTS) is 1. The van der Waals surface area contributed by atoms with E-state index in [1.807, 2.05) is 6.92 Å². The highest BCUT2D eigenvalue weighted by Crippen LogP contribution is 2.28. The number of carbonyl (C=O) groups is 1. The zero-order valence-corrected chi connectivity index (χ0v) is 13.9. The molecule has 7 nitrogen and oxygen atoms in total. The molecule has 2 heterocycles. The van der Waals surface area contributed by atoms with E-state index >= 15 is 0 Å². The second kappa shape index (κ2) is 5.98. The van der Waals surface area contributed by atoms with Gasteiger partial charge in [-0.3, -0.25) is 9.48 Å². The van der Waals surface area contributed by atoms with E-state index < -0.39 is 16.0 Å². The Kier molecular flexibility index (Phi) is 4.64. The van der Waals surface area contributed by atoms with Crippen LogP contribution in [0.5, 0.6) is 0 Å². The van der Waals surface area contributed by atoms with E-state index in [0.717, 1.165) is 11.5 Å². The van der Waals surface area contributed by atoms with Crippen LogP contribution in [0.4, 0.5) is 0 Å². The third-order valence-corrected chi connectivity index (χ3v) is 6.93. The van der Waals surface area contributed by atoms with Gasteiger partial charge in [-0.05, 0) is 20.8 Å². The zero-order chi connectivity index (χ0) is 15.8. The Morgan fingerprint density at radius 2 is 2.14 bits per heavy atom. The highest BCUT2D eigenvalue weighted by molar-refractivity contribution is 7.99. The SMILES string of the molecule is Cc1nn(CC(=O)O)c(C)c1S(=O)(=O)N1CCSCC1C. The van der Waals surface area contributed by atoms with Gasteiger partial charge in [0, 0.05) is 24.1 Å². The van der Waals surface area contributed by atoms with Crippen LogP contribution >= 0.6 is 11.8 Å². The summed E-state index contributed by atoms with van der Waals surface area (Å²) in [5.41, 5.74) is 0.722. The summed E-state index contributed by atoms with van der Waals surface area (Å²) in [6.07, 6.45) is 0. The van der Waals surface area contributed by atoms with E-state index in [2.05, 4.69) is 5.10 Å². The maximum Gasteiger partial charge on any atom is 0.325 e. The van der Waals surface area contributed by atoms with Crippen molar-refractivity contribution in [3.63, 3.8) is 0 Å². The van der Waals surface area contributed by atoms with Crippen LogP contribution in [-0.2, 0) is 21.4 Å². The molecule has 9 heteroatoms. The van der Waals surface area contributed by atoms with E-state index in [9.17, 15) is 13.2 Å². The molecule has 1 fully saturated rings. The molecule has 1 unspecified atom stereocenters. The smallest absolute Gasteiger partial charge is 0.325 e. The van der Waals surface area contributed by atoms with Crippen molar-refractivity contribution >= 4 is 27.8 Å². The van der Waals surface area contributed by atoms with Crippen LogP contribution in [0.3, 0.4) is 0 Å². The number of hydrogen-bond acceptors (Lipinski definition) is 5. The predicted molar refractivity (Wildman–Crippen MR) is 80.0 cm³/mol. The fraction of sp³-hybridized carbons (Fsp3) is 0.667. The van der Waals surface area contributed by atoms with Crippen molar-refractivity contribution in [2.24, 2.45) is 0 Å². The van der Waals surface area contributed by atoms with Crippen molar-refractivity contribution in [2.45, 2.75) is 38.3 Å². The summed E-state index contributed by atoms with van der Waals surface area (Å²) in [4.78, 5) is 11.0. The second-order valence-corrected chi connectivity index (χ2v) is 8.07. The van der Waals surface area contributed by atoms with Gasteiger partial charge >= 0.3 is 5.97 Å². The van der Waals surface area contributed by atoms with Gasteiger partial charge in [0.15, 0.2) is 0 Å². The molecule has 1 atom stereocenters. The molecule has 0 saturated carbocycles. The number of hydrogen-bond donors (Lipinski definition) is 1. The molecule has 1 aliphatic heterocycles. The van der Waals surface area contributed by atoms with Crippen LogP contribution in [0.15, 0.2) is 4.90 Å². The van der Waals surface area contributed by atoms with Crippen LogP contribution < -0.4 is 0 Å². The Bertz CT molecular complexity index is 654. The summed E-state index contributed by atoms with van der Waals surface area (Å²) in [7, 11) is -3.64. The van der Waals surface area contributed by atoms with Gasteiger partial charge in [-0.1, -0.05) is 0 Å². The molecular formula is C12H19N3O4S2. The molecule has 0 radical (unpaired) electrons. The summed E-state index contributed by atoms with van der Waals surface area (Å²) in [6.45, 7) is 5.21. The second-order valence-electron chi connectivity index (χ2n) is 5.09. The minimum absolute atomic E-state index is 0.0737. The van der Waals surface area contributed by atoms with E-state index in [-0.39, 0.29) is 17.5 Å². The van der Waals surface area contributed by atoms with Gasteiger partial charge in [-0.15, -0.1) is 0 Å². The van der Waals surface area contributed by atoms with Crippen molar-refractivity contribution < 1.29 is 18.3 Å². The molecule has 0 spiro atoms. The Labute approximate surface area is 128 Å². The van der Waals surface area contributed by atoms with Gasteiger partial charge in [0.1, 0.15) is 11.4 Å². The molecule has 21 heavy (non-hydrogen) atoms. The molecule has 118 valence electrons. The van der Waals surface area contributed by atoms with Gasteiger partial charge < -0.3 is 5.11 Å². The zero-order valence-electron chi connectivity index (χ0n) is 12.2. The first kappa shape index (κ1) is 16.3. The van der Waals surface area contributed by atoms with E-state index in [1.165, 1.54) is 8.99 Å². The van der Waals surface area contributed by atoms with Crippen LogP contribution in [0.1, 0.15) is 18.3 Å². The van der Waals surface area contributed by atoms with E-state index in [4.69, 9.17) is 5.11 Å². The van der Waals surface area contributed by atoms with Gasteiger partial charge in [0.2, 0.25) is 10.0 Å². The molecule has 0 aromatic carbocycles. The van der Waals surface area contributed by atoms with Gasteiger partial charge in [0.05, 0.1) is 11.4 Å². The number of aliphatic carboxylic acids is 1. The first-order chi connectivity index (χ1) is 9.75. The minimum atomic E-state index is -3.64. The van der Waals surface area contributed by atoms with E-state index in [1.54, 1.807) is 25.6 Å². The number of aromatic nitrogens is 2. The van der Waals surface area contributed by atoms with Gasteiger partial charge in [-0.25, -0.2) is 8.42 Å². The standard InChI is InChI=1S/C12H19N3O4S2/c1-8-7-20-5-4-15(8)21(18,19)12-9(2)13-14(10(12)3)6-11(16)17/h8H,4-7H2,1-3H3,(H,16,17). The lowest BCUT2D eigenvalue weighted by atomic mass is 10.4. The lowest BCUT2D eigenvalue weighted by Crippen LogP contribution is -2.44. The first-order valence-electron chi connectivity index (χ1n) is 6.60. The Hall–Kier alpha value is -1.06. The summed E-state index contributed by atoms with van der Waals surface area (Å²) in [5.74, 6) is 0.484. The molecule has 0 aliphatic carbocycles. The lowest BCUT2D eigenvalue weighted by Gasteiger charge is -2.31. The molecular weight excluding hydrogens is 314 g/mol. The van der Waals surface area contributed by atoms with Crippen LogP contribution in [-0.4, -0.2) is 57.7 Å².